The van der Waals surface area contributed by atoms with Crippen LogP contribution in [0, 0.1) is 6.92 Å². The predicted molar refractivity (Wildman–Crippen MR) is 114 cm³/mol. The van der Waals surface area contributed by atoms with Gasteiger partial charge >= 0.3 is 0 Å². The van der Waals surface area contributed by atoms with Crippen LogP contribution in [0.15, 0.2) is 41.4 Å². The van der Waals surface area contributed by atoms with Crippen molar-refractivity contribution in [3.8, 4) is 5.75 Å². The number of fused-ring (bicyclic) bond motifs is 1. The van der Waals surface area contributed by atoms with Crippen molar-refractivity contribution in [3.63, 3.8) is 0 Å². The first-order valence-corrected chi connectivity index (χ1v) is 11.4. The summed E-state index contributed by atoms with van der Waals surface area (Å²) in [4.78, 5) is 6.87. The molecule has 1 aromatic carbocycles. The number of sulfonamides is 1. The topological polar surface area (TPSA) is 80.0 Å². The number of aromatic nitrogens is 3. The Morgan fingerprint density at radius 2 is 1.97 bits per heavy atom. The van der Waals surface area contributed by atoms with E-state index in [1.165, 1.54) is 0 Å². The highest BCUT2D eigenvalue weighted by Crippen LogP contribution is 2.38. The zero-order valence-corrected chi connectivity index (χ0v) is 18.6. The molecule has 1 saturated heterocycles. The molecule has 1 fully saturated rings. The van der Waals surface area contributed by atoms with Crippen molar-refractivity contribution >= 4 is 15.7 Å². The SMILES string of the molecule is COc1ccc(S(=O)(=O)N2CCC[C@H]2c2c(CN(C)C)cnc3cc(C)nn23)cc1. The minimum atomic E-state index is -3.67. The number of rotatable bonds is 6. The lowest BCUT2D eigenvalue weighted by atomic mass is 10.1. The van der Waals surface area contributed by atoms with Crippen LogP contribution in [0.1, 0.15) is 35.8 Å². The molecule has 160 valence electrons. The number of hydrogen-bond acceptors (Lipinski definition) is 6. The average Bonchev–Trinajstić information content (AvgIpc) is 3.34. The van der Waals surface area contributed by atoms with Crippen LogP contribution in [-0.4, -0.2) is 60.0 Å². The Hall–Kier alpha value is -2.49. The molecule has 0 N–H and O–H groups in total. The second kappa shape index (κ2) is 7.98. The fourth-order valence-electron chi connectivity index (χ4n) is 4.10. The molecule has 1 aliphatic rings. The maximum atomic E-state index is 13.5. The largest absolute Gasteiger partial charge is 0.497 e. The van der Waals surface area contributed by atoms with E-state index < -0.39 is 10.0 Å². The van der Waals surface area contributed by atoms with Gasteiger partial charge in [0.1, 0.15) is 5.75 Å². The number of hydrogen-bond donors (Lipinski definition) is 0. The molecule has 8 nitrogen and oxygen atoms in total. The second-order valence-electron chi connectivity index (χ2n) is 7.91. The van der Waals surface area contributed by atoms with E-state index in [2.05, 4.69) is 15.0 Å². The first kappa shape index (κ1) is 20.8. The first-order chi connectivity index (χ1) is 14.3. The summed E-state index contributed by atoms with van der Waals surface area (Å²) in [7, 11) is 1.87. The average molecular weight is 430 g/mol. The molecule has 3 aromatic rings. The zero-order valence-electron chi connectivity index (χ0n) is 17.7. The fraction of sp³-hybridized carbons (Fsp3) is 0.429. The number of benzene rings is 1. The third kappa shape index (κ3) is 3.68. The zero-order chi connectivity index (χ0) is 21.5. The summed E-state index contributed by atoms with van der Waals surface area (Å²) in [5, 5.41) is 4.64. The quantitative estimate of drug-likeness (QED) is 0.599. The lowest BCUT2D eigenvalue weighted by Gasteiger charge is -2.27. The van der Waals surface area contributed by atoms with Gasteiger partial charge < -0.3 is 9.64 Å². The number of methoxy groups -OCH3 is 1. The van der Waals surface area contributed by atoms with Crippen molar-refractivity contribution in [2.24, 2.45) is 0 Å². The third-order valence-corrected chi connectivity index (χ3v) is 7.32. The molecule has 0 unspecified atom stereocenters. The Labute approximate surface area is 177 Å². The smallest absolute Gasteiger partial charge is 0.243 e. The number of ether oxygens (including phenoxy) is 1. The molecular formula is C21H27N5O3S. The van der Waals surface area contributed by atoms with Gasteiger partial charge in [-0.05, 0) is 58.1 Å². The molecule has 0 amide bonds. The normalized spacial score (nSPS) is 17.8. The van der Waals surface area contributed by atoms with E-state index in [1.807, 2.05) is 37.8 Å². The molecule has 9 heteroatoms. The van der Waals surface area contributed by atoms with E-state index in [0.717, 1.165) is 35.4 Å². The summed E-state index contributed by atoms with van der Waals surface area (Å²) >= 11 is 0. The molecule has 4 rings (SSSR count). The van der Waals surface area contributed by atoms with Gasteiger partial charge in [0, 0.05) is 30.9 Å². The van der Waals surface area contributed by atoms with Crippen LogP contribution in [0.4, 0.5) is 0 Å². The molecule has 3 heterocycles. The number of nitrogens with zero attached hydrogens (tertiary/aromatic N) is 5. The molecule has 0 spiro atoms. The van der Waals surface area contributed by atoms with Crippen molar-refractivity contribution in [3.05, 3.63) is 53.5 Å². The Morgan fingerprint density at radius 3 is 2.63 bits per heavy atom. The van der Waals surface area contributed by atoms with Gasteiger partial charge in [-0.1, -0.05) is 0 Å². The minimum Gasteiger partial charge on any atom is -0.497 e. The summed E-state index contributed by atoms with van der Waals surface area (Å²) in [5.41, 5.74) is 3.47. The van der Waals surface area contributed by atoms with E-state index in [-0.39, 0.29) is 10.9 Å². The van der Waals surface area contributed by atoms with Gasteiger partial charge in [0.05, 0.1) is 29.4 Å². The lowest BCUT2D eigenvalue weighted by molar-refractivity contribution is 0.366. The highest BCUT2D eigenvalue weighted by Gasteiger charge is 2.39. The summed E-state index contributed by atoms with van der Waals surface area (Å²) in [6.45, 7) is 3.05. The monoisotopic (exact) mass is 429 g/mol. The maximum absolute atomic E-state index is 13.5. The van der Waals surface area contributed by atoms with Gasteiger partial charge in [-0.3, -0.25) is 0 Å². The van der Waals surface area contributed by atoms with E-state index in [1.54, 1.807) is 35.7 Å². The van der Waals surface area contributed by atoms with E-state index in [4.69, 9.17) is 4.74 Å². The van der Waals surface area contributed by atoms with Gasteiger partial charge in [0.25, 0.3) is 0 Å². The molecule has 0 bridgehead atoms. The van der Waals surface area contributed by atoms with Crippen molar-refractivity contribution < 1.29 is 13.2 Å². The Kier molecular flexibility index (Phi) is 5.52. The van der Waals surface area contributed by atoms with Crippen LogP contribution >= 0.6 is 0 Å². The molecular weight excluding hydrogens is 402 g/mol. The molecule has 1 aliphatic heterocycles. The van der Waals surface area contributed by atoms with Crippen LogP contribution in [0.2, 0.25) is 0 Å². The summed E-state index contributed by atoms with van der Waals surface area (Å²) in [6.07, 6.45) is 3.39. The van der Waals surface area contributed by atoms with Gasteiger partial charge in [0.2, 0.25) is 10.0 Å². The van der Waals surface area contributed by atoms with Crippen molar-refractivity contribution in [1.82, 2.24) is 23.8 Å². The fourth-order valence-corrected chi connectivity index (χ4v) is 5.76. The van der Waals surface area contributed by atoms with Crippen molar-refractivity contribution in [2.45, 2.75) is 37.2 Å². The van der Waals surface area contributed by atoms with E-state index >= 15 is 0 Å². The summed E-state index contributed by atoms with van der Waals surface area (Å²) in [6, 6.07) is 8.18. The standard InChI is InChI=1S/C21H27N5O3S/c1-15-12-20-22-13-16(14-24(2)3)21(26(20)23-15)19-6-5-11-25(19)30(27,28)18-9-7-17(29-4)8-10-18/h7-10,12-13,19H,5-6,11,14H2,1-4H3/t19-/m0/s1. The molecule has 30 heavy (non-hydrogen) atoms. The van der Waals surface area contributed by atoms with Gasteiger partial charge in [-0.15, -0.1) is 0 Å². The lowest BCUT2D eigenvalue weighted by Crippen LogP contribution is -2.33. The predicted octanol–water partition coefficient (Wildman–Crippen LogP) is 2.63. The van der Waals surface area contributed by atoms with Crippen LogP contribution in [0.25, 0.3) is 5.65 Å². The first-order valence-electron chi connectivity index (χ1n) is 9.96. The van der Waals surface area contributed by atoms with Crippen LogP contribution in [0.5, 0.6) is 5.75 Å². The summed E-state index contributed by atoms with van der Waals surface area (Å²) in [5.74, 6) is 0.628. The van der Waals surface area contributed by atoms with Crippen LogP contribution in [-0.2, 0) is 16.6 Å². The molecule has 2 aromatic heterocycles. The summed E-state index contributed by atoms with van der Waals surface area (Å²) < 4.78 is 35.6. The number of aryl methyl sites for hydroxylation is 1. The Morgan fingerprint density at radius 1 is 1.23 bits per heavy atom. The van der Waals surface area contributed by atoms with Crippen LogP contribution < -0.4 is 4.74 Å². The molecule has 0 saturated carbocycles. The Balaban J connectivity index is 1.82. The van der Waals surface area contributed by atoms with Gasteiger partial charge in [-0.25, -0.2) is 17.9 Å². The van der Waals surface area contributed by atoms with Crippen molar-refractivity contribution in [2.75, 3.05) is 27.7 Å². The molecule has 0 radical (unpaired) electrons. The second-order valence-corrected chi connectivity index (χ2v) is 9.80. The highest BCUT2D eigenvalue weighted by molar-refractivity contribution is 7.89. The van der Waals surface area contributed by atoms with E-state index in [9.17, 15) is 8.42 Å². The van der Waals surface area contributed by atoms with Gasteiger partial charge in [0.15, 0.2) is 5.65 Å². The Bertz CT molecular complexity index is 1160. The van der Waals surface area contributed by atoms with Gasteiger partial charge in [-0.2, -0.15) is 9.40 Å². The van der Waals surface area contributed by atoms with E-state index in [0.29, 0.717) is 18.8 Å². The minimum absolute atomic E-state index is 0.270. The molecule has 0 aliphatic carbocycles. The van der Waals surface area contributed by atoms with Crippen LogP contribution in [0.3, 0.4) is 0 Å². The maximum Gasteiger partial charge on any atom is 0.243 e. The van der Waals surface area contributed by atoms with Crippen molar-refractivity contribution in [1.29, 1.82) is 0 Å². The molecule has 1 atom stereocenters. The highest BCUT2D eigenvalue weighted by atomic mass is 32.2. The third-order valence-electron chi connectivity index (χ3n) is 5.39.